The van der Waals surface area contributed by atoms with Crippen LogP contribution in [0.25, 0.3) is 91.4 Å². The summed E-state index contributed by atoms with van der Waals surface area (Å²) in [5.41, 5.74) is 16.5. The highest BCUT2D eigenvalue weighted by molar-refractivity contribution is 5.97. The number of nitrogens with one attached hydrogen (secondary N) is 2. The van der Waals surface area contributed by atoms with E-state index in [-0.39, 0.29) is 0 Å². The van der Waals surface area contributed by atoms with Crippen LogP contribution in [0.15, 0.2) is 122 Å². The van der Waals surface area contributed by atoms with E-state index in [1.807, 2.05) is 0 Å². The summed E-state index contributed by atoms with van der Waals surface area (Å²) >= 11 is 0. The van der Waals surface area contributed by atoms with Crippen molar-refractivity contribution in [3.8, 4) is 45.0 Å². The quantitative estimate of drug-likeness (QED) is 0.0627. The van der Waals surface area contributed by atoms with E-state index in [1.165, 1.54) is 57.8 Å². The van der Waals surface area contributed by atoms with Crippen LogP contribution in [0.1, 0.15) is 121 Å². The van der Waals surface area contributed by atoms with Gasteiger partial charge in [-0.15, -0.1) is 0 Å². The maximum Gasteiger partial charge on any atom is 0.216 e. The van der Waals surface area contributed by atoms with Crippen LogP contribution in [0, 0.1) is 0 Å². The summed E-state index contributed by atoms with van der Waals surface area (Å²) in [6, 6.07) is 35.1. The topological polar surface area (TPSA) is 72.9 Å². The van der Waals surface area contributed by atoms with Gasteiger partial charge in [-0.1, -0.05) is 59.3 Å². The number of fused-ring (bicyclic) bond motifs is 8. The van der Waals surface area contributed by atoms with E-state index in [1.54, 1.807) is 0 Å². The zero-order chi connectivity index (χ0) is 46.0. The molecule has 0 radical (unpaired) electrons. The number of H-pyrrole nitrogens is 2. The van der Waals surface area contributed by atoms with Crippen LogP contribution in [-0.2, 0) is 26.7 Å². The largest absolute Gasteiger partial charge is 0.354 e. The monoisotopic (exact) mass is 889 g/mol. The van der Waals surface area contributed by atoms with Crippen molar-refractivity contribution in [1.29, 1.82) is 0 Å². The number of unbranched alkanes of at least 4 members (excludes halogenated alkanes) is 9. The lowest BCUT2D eigenvalue weighted by Crippen LogP contribution is -2.36. The molecular formula is C59H68N8+4. The van der Waals surface area contributed by atoms with Crippen LogP contribution in [0.4, 0.5) is 0 Å². The molecule has 7 aromatic rings. The van der Waals surface area contributed by atoms with Crippen molar-refractivity contribution in [2.75, 3.05) is 0 Å². The summed E-state index contributed by atoms with van der Waals surface area (Å²) in [5.74, 6) is 0. The molecule has 0 saturated carbocycles. The smallest absolute Gasteiger partial charge is 0.216 e. The van der Waals surface area contributed by atoms with Crippen molar-refractivity contribution < 1.29 is 18.3 Å². The molecule has 8 bridgehead atoms. The van der Waals surface area contributed by atoms with Crippen LogP contribution < -0.4 is 18.3 Å². The fraction of sp³-hybridized carbons (Fsp3) is 0.322. The second-order valence-electron chi connectivity index (χ2n) is 18.2. The molecule has 2 aliphatic heterocycles. The number of aryl methyl sites for hydroxylation is 4. The van der Waals surface area contributed by atoms with E-state index in [4.69, 9.17) is 9.97 Å². The Morgan fingerprint density at radius 2 is 0.672 bits per heavy atom. The Morgan fingerprint density at radius 1 is 0.358 bits per heavy atom. The maximum atomic E-state index is 5.69. The average Bonchev–Trinajstić information content (AvgIpc) is 4.21. The lowest BCUT2D eigenvalue weighted by atomic mass is 10.1. The molecule has 9 rings (SSSR count). The van der Waals surface area contributed by atoms with Gasteiger partial charge in [0, 0.05) is 67.8 Å². The molecule has 0 spiro atoms. The highest BCUT2D eigenvalue weighted by atomic mass is 15.0. The molecule has 8 heteroatoms. The normalized spacial score (nSPS) is 12.1. The van der Waals surface area contributed by atoms with Crippen LogP contribution in [0.3, 0.4) is 0 Å². The van der Waals surface area contributed by atoms with Gasteiger partial charge in [0.1, 0.15) is 26.7 Å². The van der Waals surface area contributed by atoms with Gasteiger partial charge in [0.2, 0.25) is 22.8 Å². The van der Waals surface area contributed by atoms with Crippen LogP contribution in [0.2, 0.25) is 0 Å². The predicted octanol–water partition coefficient (Wildman–Crippen LogP) is 12.8. The van der Waals surface area contributed by atoms with Crippen molar-refractivity contribution in [1.82, 2.24) is 19.9 Å². The van der Waals surface area contributed by atoms with Crippen LogP contribution in [-0.4, -0.2) is 19.9 Å². The van der Waals surface area contributed by atoms with E-state index >= 15 is 0 Å². The molecule has 67 heavy (non-hydrogen) atoms. The number of nitrogens with zero attached hydrogens (tertiary/aromatic N) is 6. The molecule has 0 amide bonds. The molecule has 0 aliphatic carbocycles. The van der Waals surface area contributed by atoms with Gasteiger partial charge in [-0.2, -0.15) is 13.7 Å². The molecule has 2 N–H and O–H groups in total. The summed E-state index contributed by atoms with van der Waals surface area (Å²) in [6.45, 7) is 9.63. The van der Waals surface area contributed by atoms with Gasteiger partial charge in [-0.05, 0) is 92.1 Å². The predicted molar refractivity (Wildman–Crippen MR) is 275 cm³/mol. The number of hydrogen-bond acceptors (Lipinski definition) is 2. The first-order chi connectivity index (χ1) is 33.1. The lowest BCUT2D eigenvalue weighted by molar-refractivity contribution is -0.686. The fourth-order valence-electron chi connectivity index (χ4n) is 9.89. The Bertz CT molecular complexity index is 3020. The highest BCUT2D eigenvalue weighted by Crippen LogP contribution is 2.36. The fourth-order valence-corrected chi connectivity index (χ4v) is 9.89. The Balaban J connectivity index is 1.40. The number of rotatable bonds is 19. The molecule has 8 nitrogen and oxygen atoms in total. The van der Waals surface area contributed by atoms with Gasteiger partial charge in [0.15, 0.2) is 24.8 Å². The van der Waals surface area contributed by atoms with Crippen molar-refractivity contribution in [3.63, 3.8) is 0 Å². The van der Waals surface area contributed by atoms with E-state index in [0.29, 0.717) is 0 Å². The van der Waals surface area contributed by atoms with Gasteiger partial charge in [0.05, 0.1) is 67.1 Å². The molecule has 7 aromatic heterocycles. The average molecular weight is 889 g/mol. The molecule has 0 unspecified atom stereocenters. The van der Waals surface area contributed by atoms with Crippen LogP contribution >= 0.6 is 0 Å². The van der Waals surface area contributed by atoms with Gasteiger partial charge in [-0.25, -0.2) is 14.5 Å². The molecule has 0 fully saturated rings. The molecule has 0 aromatic carbocycles. The zero-order valence-corrected chi connectivity index (χ0v) is 40.1. The van der Waals surface area contributed by atoms with E-state index in [0.717, 1.165) is 129 Å². The molecule has 0 saturated heterocycles. The van der Waals surface area contributed by atoms with E-state index in [2.05, 4.69) is 202 Å². The number of hydrogen-bond donors (Lipinski definition) is 2. The van der Waals surface area contributed by atoms with Gasteiger partial charge >= 0.3 is 0 Å². The Hall–Kier alpha value is -6.80. The SMILES string of the molecule is CCCCCC[n+]1ccccc1-c1c2nc(c(-c3cccc[n+]3CCCCCC)c3ccc([nH]3)c(-c3cccc[n+]3CCCCCC)c3nc(c(-c4cccc[n+]4C)c4ccc1[nH]4)C=C3)C=C2. The number of aromatic nitrogens is 8. The zero-order valence-electron chi connectivity index (χ0n) is 40.1. The maximum absolute atomic E-state index is 5.69. The molecule has 9 heterocycles. The number of pyridine rings is 4. The first-order valence-electron chi connectivity index (χ1n) is 25.1. The Labute approximate surface area is 397 Å². The first-order valence-corrected chi connectivity index (χ1v) is 25.1. The highest BCUT2D eigenvalue weighted by Gasteiger charge is 2.27. The third kappa shape index (κ3) is 10.00. The third-order valence-corrected chi connectivity index (χ3v) is 13.4. The molecule has 0 atom stereocenters. The lowest BCUT2D eigenvalue weighted by Gasteiger charge is -2.07. The number of aromatic amines is 2. The Kier molecular flexibility index (Phi) is 14.7. The van der Waals surface area contributed by atoms with Crippen molar-refractivity contribution in [2.24, 2.45) is 7.05 Å². The minimum atomic E-state index is 0.911. The third-order valence-electron chi connectivity index (χ3n) is 13.4. The minimum absolute atomic E-state index is 0.911. The van der Waals surface area contributed by atoms with Gasteiger partial charge in [0.25, 0.3) is 0 Å². The standard InChI is InChI=1S/C59H67N8/c1-5-8-11-18-38-65-41-22-15-26-53(65)57-46-31-29-44(60-46)56(52-25-14-21-37-64(52)4)45-30-32-47(61-45)58(54-27-16-23-42-66(54)39-19-12-9-6-2)49-34-36-51(63-49)59(50-35-33-48(57)62-50)55-28-17-24-43-67(55)40-20-13-10-7-3/h14-17,21-37,41-43H,5-13,18-20,38-40H2,1-4H3,(H,60,61,62,63)/q+3/p+1. The van der Waals surface area contributed by atoms with Crippen LogP contribution in [0.5, 0.6) is 0 Å². The van der Waals surface area contributed by atoms with Crippen molar-refractivity contribution in [2.45, 2.75) is 117 Å². The molecule has 2 aliphatic rings. The second kappa shape index (κ2) is 21.7. The summed E-state index contributed by atoms with van der Waals surface area (Å²) in [6.07, 6.45) is 32.0. The summed E-state index contributed by atoms with van der Waals surface area (Å²) in [5, 5.41) is 0. The Morgan fingerprint density at radius 3 is 1.00 bits per heavy atom. The molecular weight excluding hydrogens is 821 g/mol. The van der Waals surface area contributed by atoms with Crippen molar-refractivity contribution >= 4 is 46.4 Å². The van der Waals surface area contributed by atoms with E-state index < -0.39 is 0 Å². The van der Waals surface area contributed by atoms with Crippen molar-refractivity contribution in [3.05, 3.63) is 145 Å². The summed E-state index contributed by atoms with van der Waals surface area (Å²) in [4.78, 5) is 19.3. The minimum Gasteiger partial charge on any atom is -0.354 e. The van der Waals surface area contributed by atoms with Gasteiger partial charge < -0.3 is 9.97 Å². The summed E-state index contributed by atoms with van der Waals surface area (Å²) in [7, 11) is 2.12. The second-order valence-corrected chi connectivity index (χ2v) is 18.2. The van der Waals surface area contributed by atoms with E-state index in [9.17, 15) is 0 Å². The first kappa shape index (κ1) is 45.4. The van der Waals surface area contributed by atoms with Gasteiger partial charge in [-0.3, -0.25) is 0 Å². The summed E-state index contributed by atoms with van der Waals surface area (Å²) < 4.78 is 9.47. The molecule has 340 valence electrons.